The molecule has 0 unspecified atom stereocenters. The SMILES string of the molecule is O=C(NCC(C1CC1)C1CC1)c1ccc(Br)cc1. The van der Waals surface area contributed by atoms with Crippen molar-refractivity contribution in [3.63, 3.8) is 0 Å². The molecular weight excluding hydrogens is 290 g/mol. The van der Waals surface area contributed by atoms with Gasteiger partial charge >= 0.3 is 0 Å². The average Bonchev–Trinajstić information content (AvgIpc) is 3.24. The predicted molar refractivity (Wildman–Crippen MR) is 75.4 cm³/mol. The van der Waals surface area contributed by atoms with Crippen LogP contribution in [0.25, 0.3) is 0 Å². The van der Waals surface area contributed by atoms with Gasteiger partial charge in [0.25, 0.3) is 5.91 Å². The maximum atomic E-state index is 12.0. The highest BCUT2D eigenvalue weighted by Gasteiger charge is 2.41. The van der Waals surface area contributed by atoms with E-state index in [1.165, 1.54) is 25.7 Å². The van der Waals surface area contributed by atoms with Crippen LogP contribution in [-0.4, -0.2) is 12.5 Å². The van der Waals surface area contributed by atoms with Crippen molar-refractivity contribution in [2.45, 2.75) is 25.7 Å². The molecule has 18 heavy (non-hydrogen) atoms. The van der Waals surface area contributed by atoms with Crippen LogP contribution in [0.5, 0.6) is 0 Å². The zero-order valence-corrected chi connectivity index (χ0v) is 11.9. The Kier molecular flexibility index (Phi) is 3.42. The minimum absolute atomic E-state index is 0.0637. The van der Waals surface area contributed by atoms with Crippen molar-refractivity contribution >= 4 is 21.8 Å². The zero-order chi connectivity index (χ0) is 12.5. The number of hydrogen-bond donors (Lipinski definition) is 1. The van der Waals surface area contributed by atoms with Crippen LogP contribution in [-0.2, 0) is 0 Å². The van der Waals surface area contributed by atoms with Gasteiger partial charge in [-0.15, -0.1) is 0 Å². The van der Waals surface area contributed by atoms with Gasteiger partial charge in [0.2, 0.25) is 0 Å². The molecule has 0 radical (unpaired) electrons. The fourth-order valence-electron chi connectivity index (χ4n) is 2.68. The van der Waals surface area contributed by atoms with Gasteiger partial charge in [-0.25, -0.2) is 0 Å². The molecule has 0 heterocycles. The number of carbonyl (C=O) groups is 1. The summed E-state index contributed by atoms with van der Waals surface area (Å²) in [7, 11) is 0. The minimum atomic E-state index is 0.0637. The van der Waals surface area contributed by atoms with Crippen molar-refractivity contribution in [1.82, 2.24) is 5.32 Å². The third-order valence-corrected chi connectivity index (χ3v) is 4.59. The maximum Gasteiger partial charge on any atom is 0.251 e. The lowest BCUT2D eigenvalue weighted by atomic mass is 9.98. The van der Waals surface area contributed by atoms with E-state index in [2.05, 4.69) is 21.2 Å². The molecule has 2 saturated carbocycles. The van der Waals surface area contributed by atoms with Gasteiger partial charge in [-0.1, -0.05) is 15.9 Å². The molecule has 1 amide bonds. The molecule has 96 valence electrons. The van der Waals surface area contributed by atoms with Crippen LogP contribution >= 0.6 is 15.9 Å². The number of nitrogens with one attached hydrogen (secondary N) is 1. The summed E-state index contributed by atoms with van der Waals surface area (Å²) in [5.74, 6) is 2.59. The number of benzene rings is 1. The summed E-state index contributed by atoms with van der Waals surface area (Å²) < 4.78 is 1.01. The Morgan fingerprint density at radius 1 is 1.17 bits per heavy atom. The van der Waals surface area contributed by atoms with Gasteiger partial charge in [-0.05, 0) is 67.7 Å². The van der Waals surface area contributed by atoms with Crippen molar-refractivity contribution in [2.75, 3.05) is 6.54 Å². The Hall–Kier alpha value is -0.830. The third-order valence-electron chi connectivity index (χ3n) is 4.06. The topological polar surface area (TPSA) is 29.1 Å². The van der Waals surface area contributed by atoms with Gasteiger partial charge in [0.05, 0.1) is 0 Å². The van der Waals surface area contributed by atoms with Crippen molar-refractivity contribution in [3.05, 3.63) is 34.3 Å². The van der Waals surface area contributed by atoms with E-state index in [9.17, 15) is 4.79 Å². The molecule has 1 N–H and O–H groups in total. The first-order valence-corrected chi connectivity index (χ1v) is 7.57. The largest absolute Gasteiger partial charge is 0.352 e. The van der Waals surface area contributed by atoms with Gasteiger partial charge in [-0.2, -0.15) is 0 Å². The molecule has 0 atom stereocenters. The first kappa shape index (κ1) is 12.2. The first-order chi connectivity index (χ1) is 8.74. The molecule has 1 aromatic rings. The molecule has 0 aliphatic heterocycles. The van der Waals surface area contributed by atoms with E-state index in [1.807, 2.05) is 24.3 Å². The Labute approximate surface area is 116 Å². The molecule has 3 heteroatoms. The third kappa shape index (κ3) is 2.94. The van der Waals surface area contributed by atoms with Crippen molar-refractivity contribution in [1.29, 1.82) is 0 Å². The van der Waals surface area contributed by atoms with Crippen LogP contribution < -0.4 is 5.32 Å². The van der Waals surface area contributed by atoms with E-state index in [-0.39, 0.29) is 5.91 Å². The molecular formula is C15H18BrNO. The molecule has 0 bridgehead atoms. The van der Waals surface area contributed by atoms with Gasteiger partial charge in [0.15, 0.2) is 0 Å². The second kappa shape index (κ2) is 5.04. The van der Waals surface area contributed by atoms with Crippen LogP contribution in [0.15, 0.2) is 28.7 Å². The summed E-state index contributed by atoms with van der Waals surface area (Å²) in [4.78, 5) is 12.0. The summed E-state index contributed by atoms with van der Waals surface area (Å²) in [6.07, 6.45) is 5.48. The summed E-state index contributed by atoms with van der Waals surface area (Å²) in [6, 6.07) is 7.55. The standard InChI is InChI=1S/C15H18BrNO/c16-13-7-5-12(6-8-13)15(18)17-9-14(10-1-2-10)11-3-4-11/h5-8,10-11,14H,1-4,9H2,(H,17,18). The Bertz CT molecular complexity index is 422. The predicted octanol–water partition coefficient (Wildman–Crippen LogP) is 3.62. The molecule has 2 aliphatic rings. The lowest BCUT2D eigenvalue weighted by Gasteiger charge is -2.16. The minimum Gasteiger partial charge on any atom is -0.352 e. The molecule has 2 aliphatic carbocycles. The number of carbonyl (C=O) groups excluding carboxylic acids is 1. The molecule has 0 spiro atoms. The number of rotatable bonds is 5. The molecule has 2 nitrogen and oxygen atoms in total. The highest BCUT2D eigenvalue weighted by atomic mass is 79.9. The fraction of sp³-hybridized carbons (Fsp3) is 0.533. The van der Waals surface area contributed by atoms with E-state index in [0.29, 0.717) is 0 Å². The van der Waals surface area contributed by atoms with Gasteiger partial charge in [0.1, 0.15) is 0 Å². The average molecular weight is 308 g/mol. The van der Waals surface area contributed by atoms with Crippen molar-refractivity contribution in [3.8, 4) is 0 Å². The van der Waals surface area contributed by atoms with E-state index >= 15 is 0 Å². The summed E-state index contributed by atoms with van der Waals surface area (Å²) >= 11 is 3.38. The molecule has 1 aromatic carbocycles. The zero-order valence-electron chi connectivity index (χ0n) is 10.4. The Morgan fingerprint density at radius 3 is 2.22 bits per heavy atom. The van der Waals surface area contributed by atoms with E-state index in [1.54, 1.807) is 0 Å². The van der Waals surface area contributed by atoms with Gasteiger partial charge in [0, 0.05) is 16.6 Å². The smallest absolute Gasteiger partial charge is 0.251 e. The normalized spacial score (nSPS) is 19.0. The van der Waals surface area contributed by atoms with Crippen LogP contribution in [0.2, 0.25) is 0 Å². The number of amides is 1. The van der Waals surface area contributed by atoms with Crippen molar-refractivity contribution < 1.29 is 4.79 Å². The Balaban J connectivity index is 1.55. The van der Waals surface area contributed by atoms with Crippen molar-refractivity contribution in [2.24, 2.45) is 17.8 Å². The van der Waals surface area contributed by atoms with E-state index < -0.39 is 0 Å². The summed E-state index contributed by atoms with van der Waals surface area (Å²) in [5, 5.41) is 3.11. The van der Waals surface area contributed by atoms with Crippen LogP contribution in [0.3, 0.4) is 0 Å². The van der Waals surface area contributed by atoms with Gasteiger partial charge in [-0.3, -0.25) is 4.79 Å². The highest BCUT2D eigenvalue weighted by Crippen LogP contribution is 2.48. The Morgan fingerprint density at radius 2 is 1.72 bits per heavy atom. The van der Waals surface area contributed by atoms with Crippen LogP contribution in [0.4, 0.5) is 0 Å². The highest BCUT2D eigenvalue weighted by molar-refractivity contribution is 9.10. The second-order valence-electron chi connectivity index (χ2n) is 5.56. The van der Waals surface area contributed by atoms with E-state index in [4.69, 9.17) is 0 Å². The van der Waals surface area contributed by atoms with Crippen LogP contribution in [0, 0.1) is 17.8 Å². The summed E-state index contributed by atoms with van der Waals surface area (Å²) in [5.41, 5.74) is 0.753. The number of halogens is 1. The van der Waals surface area contributed by atoms with Gasteiger partial charge < -0.3 is 5.32 Å². The molecule has 0 aromatic heterocycles. The quantitative estimate of drug-likeness (QED) is 0.884. The molecule has 3 rings (SSSR count). The first-order valence-electron chi connectivity index (χ1n) is 6.78. The monoisotopic (exact) mass is 307 g/mol. The van der Waals surface area contributed by atoms with E-state index in [0.717, 1.165) is 34.3 Å². The molecule has 0 saturated heterocycles. The van der Waals surface area contributed by atoms with Crippen LogP contribution in [0.1, 0.15) is 36.0 Å². The lowest BCUT2D eigenvalue weighted by molar-refractivity contribution is 0.0943. The fourth-order valence-corrected chi connectivity index (χ4v) is 2.95. The number of hydrogen-bond acceptors (Lipinski definition) is 1. The lowest BCUT2D eigenvalue weighted by Crippen LogP contribution is -2.31. The molecule has 2 fully saturated rings. The maximum absolute atomic E-state index is 12.0. The summed E-state index contributed by atoms with van der Waals surface area (Å²) in [6.45, 7) is 0.865. The second-order valence-corrected chi connectivity index (χ2v) is 6.47.